The van der Waals surface area contributed by atoms with E-state index < -0.39 is 5.63 Å². The molecule has 5 rings (SSSR count). The van der Waals surface area contributed by atoms with Crippen LogP contribution in [0.5, 0.6) is 11.5 Å². The molecule has 3 aromatic carbocycles. The van der Waals surface area contributed by atoms with Gasteiger partial charge in [0.05, 0.1) is 20.6 Å². The number of furan rings is 1. The van der Waals surface area contributed by atoms with Crippen molar-refractivity contribution in [3.63, 3.8) is 0 Å². The first-order valence-corrected chi connectivity index (χ1v) is 12.0. The highest BCUT2D eigenvalue weighted by atomic mass is 16.5. The van der Waals surface area contributed by atoms with Gasteiger partial charge in [-0.3, -0.25) is 4.79 Å². The predicted octanol–water partition coefficient (Wildman–Crippen LogP) is 5.43. The van der Waals surface area contributed by atoms with Gasteiger partial charge in [-0.1, -0.05) is 30.3 Å². The standard InChI is InChI=1S/C30H27NO6/c1-18-14-26-28(30(33)36-18)25(17-27(32)31-13-12-19-4-9-23(34-2)10-5-19)29(37-26)22-7-6-21-16-24(35-3)11-8-20(21)15-22/h4-11,14-16H,12-13,17H2,1-3H3,(H,31,32). The molecule has 7 nitrogen and oxygen atoms in total. The molecule has 2 heterocycles. The summed E-state index contributed by atoms with van der Waals surface area (Å²) in [7, 11) is 3.26. The fourth-order valence-electron chi connectivity index (χ4n) is 4.48. The zero-order valence-corrected chi connectivity index (χ0v) is 20.9. The lowest BCUT2D eigenvalue weighted by Gasteiger charge is -2.08. The average molecular weight is 498 g/mol. The van der Waals surface area contributed by atoms with Crippen LogP contribution in [0.3, 0.4) is 0 Å². The number of carbonyl (C=O) groups is 1. The number of rotatable bonds is 8. The van der Waals surface area contributed by atoms with Gasteiger partial charge in [-0.2, -0.15) is 0 Å². The Morgan fingerprint density at radius 3 is 2.32 bits per heavy atom. The third kappa shape index (κ3) is 5.07. The van der Waals surface area contributed by atoms with E-state index >= 15 is 0 Å². The summed E-state index contributed by atoms with van der Waals surface area (Å²) in [5, 5.41) is 5.24. The first-order valence-electron chi connectivity index (χ1n) is 12.0. The van der Waals surface area contributed by atoms with Gasteiger partial charge < -0.3 is 23.6 Å². The van der Waals surface area contributed by atoms with E-state index in [0.717, 1.165) is 33.4 Å². The zero-order chi connectivity index (χ0) is 25.9. The maximum absolute atomic E-state index is 13.0. The number of benzene rings is 3. The molecule has 0 fully saturated rings. The van der Waals surface area contributed by atoms with E-state index in [4.69, 9.17) is 18.3 Å². The Bertz CT molecular complexity index is 1650. The normalized spacial score (nSPS) is 11.1. The number of ether oxygens (including phenoxy) is 2. The van der Waals surface area contributed by atoms with Crippen LogP contribution in [0.15, 0.2) is 80.4 Å². The van der Waals surface area contributed by atoms with Gasteiger partial charge in [0.1, 0.15) is 34.0 Å². The summed E-state index contributed by atoms with van der Waals surface area (Å²) in [6, 6.07) is 21.1. The van der Waals surface area contributed by atoms with E-state index in [0.29, 0.717) is 41.0 Å². The molecular weight excluding hydrogens is 470 g/mol. The van der Waals surface area contributed by atoms with Gasteiger partial charge in [0.15, 0.2) is 0 Å². The third-order valence-corrected chi connectivity index (χ3v) is 6.37. The molecule has 0 bridgehead atoms. The SMILES string of the molecule is COc1ccc(CCNC(=O)Cc2c(-c3ccc4cc(OC)ccc4c3)oc3cc(C)oc(=O)c23)cc1. The summed E-state index contributed by atoms with van der Waals surface area (Å²) in [4.78, 5) is 25.8. The second-order valence-corrected chi connectivity index (χ2v) is 8.85. The Balaban J connectivity index is 1.44. The Kier molecular flexibility index (Phi) is 6.68. The number of methoxy groups -OCH3 is 2. The number of carbonyl (C=O) groups excluding carboxylic acids is 1. The van der Waals surface area contributed by atoms with Gasteiger partial charge >= 0.3 is 5.63 Å². The van der Waals surface area contributed by atoms with E-state index in [1.165, 1.54) is 0 Å². The molecule has 1 N–H and O–H groups in total. The smallest absolute Gasteiger partial charge is 0.347 e. The Hall–Kier alpha value is -4.52. The molecule has 188 valence electrons. The molecule has 0 aliphatic heterocycles. The quantitative estimate of drug-likeness (QED) is 0.307. The number of hydrogen-bond acceptors (Lipinski definition) is 6. The average Bonchev–Trinajstić information content (AvgIpc) is 3.26. The molecule has 5 aromatic rings. The molecule has 7 heteroatoms. The maximum Gasteiger partial charge on any atom is 0.347 e. The fourth-order valence-corrected chi connectivity index (χ4v) is 4.48. The summed E-state index contributed by atoms with van der Waals surface area (Å²) < 4.78 is 22.0. The van der Waals surface area contributed by atoms with Gasteiger partial charge in [-0.05, 0) is 60.0 Å². The second-order valence-electron chi connectivity index (χ2n) is 8.85. The molecule has 0 radical (unpaired) electrons. The van der Waals surface area contributed by atoms with Crippen molar-refractivity contribution >= 4 is 27.6 Å². The minimum absolute atomic E-state index is 0.0145. The van der Waals surface area contributed by atoms with Crippen molar-refractivity contribution in [1.29, 1.82) is 0 Å². The van der Waals surface area contributed by atoms with E-state index in [2.05, 4.69) is 5.32 Å². The Morgan fingerprint density at radius 1 is 0.865 bits per heavy atom. The van der Waals surface area contributed by atoms with Crippen molar-refractivity contribution < 1.29 is 23.1 Å². The Morgan fingerprint density at radius 2 is 1.57 bits per heavy atom. The number of hydrogen-bond donors (Lipinski definition) is 1. The predicted molar refractivity (Wildman–Crippen MR) is 142 cm³/mol. The van der Waals surface area contributed by atoms with E-state index in [1.807, 2.05) is 60.7 Å². The van der Waals surface area contributed by atoms with Gasteiger partial charge in [0.25, 0.3) is 0 Å². The van der Waals surface area contributed by atoms with E-state index in [-0.39, 0.29) is 12.3 Å². The highest BCUT2D eigenvalue weighted by molar-refractivity contribution is 5.95. The van der Waals surface area contributed by atoms with E-state index in [9.17, 15) is 9.59 Å². The highest BCUT2D eigenvalue weighted by Crippen LogP contribution is 2.35. The molecule has 37 heavy (non-hydrogen) atoms. The number of amides is 1. The number of nitrogens with one attached hydrogen (secondary N) is 1. The first-order chi connectivity index (χ1) is 17.9. The molecule has 0 aliphatic rings. The molecule has 0 unspecified atom stereocenters. The molecular formula is C30H27NO6. The van der Waals surface area contributed by atoms with Crippen LogP contribution in [-0.4, -0.2) is 26.7 Å². The lowest BCUT2D eigenvalue weighted by molar-refractivity contribution is -0.120. The number of aryl methyl sites for hydroxylation is 1. The summed E-state index contributed by atoms with van der Waals surface area (Å²) in [5.41, 5.74) is 2.25. The van der Waals surface area contributed by atoms with Crippen molar-refractivity contribution in [2.45, 2.75) is 19.8 Å². The van der Waals surface area contributed by atoms with Crippen molar-refractivity contribution in [2.24, 2.45) is 0 Å². The maximum atomic E-state index is 13.0. The summed E-state index contributed by atoms with van der Waals surface area (Å²) in [6.45, 7) is 2.15. The summed E-state index contributed by atoms with van der Waals surface area (Å²) in [6.07, 6.45) is 0.656. The first kappa shape index (κ1) is 24.2. The van der Waals surface area contributed by atoms with Gasteiger partial charge in [0.2, 0.25) is 5.91 Å². The molecule has 0 saturated heterocycles. The summed E-state index contributed by atoms with van der Waals surface area (Å²) in [5.74, 6) is 2.27. The van der Waals surface area contributed by atoms with Gasteiger partial charge in [-0.25, -0.2) is 4.79 Å². The van der Waals surface area contributed by atoms with Crippen LogP contribution < -0.4 is 20.4 Å². The lowest BCUT2D eigenvalue weighted by Crippen LogP contribution is -2.27. The number of fused-ring (bicyclic) bond motifs is 2. The highest BCUT2D eigenvalue weighted by Gasteiger charge is 2.22. The molecule has 0 aliphatic carbocycles. The summed E-state index contributed by atoms with van der Waals surface area (Å²) >= 11 is 0. The van der Waals surface area contributed by atoms with Crippen LogP contribution in [0, 0.1) is 6.92 Å². The van der Waals surface area contributed by atoms with E-state index in [1.54, 1.807) is 27.2 Å². The van der Waals surface area contributed by atoms with Gasteiger partial charge in [0, 0.05) is 23.7 Å². The lowest BCUT2D eigenvalue weighted by atomic mass is 10.0. The monoisotopic (exact) mass is 497 g/mol. The van der Waals surface area contributed by atoms with Crippen LogP contribution in [-0.2, 0) is 17.6 Å². The van der Waals surface area contributed by atoms with Crippen LogP contribution >= 0.6 is 0 Å². The third-order valence-electron chi connectivity index (χ3n) is 6.37. The van der Waals surface area contributed by atoms with Gasteiger partial charge in [-0.15, -0.1) is 0 Å². The van der Waals surface area contributed by atoms with Crippen LogP contribution in [0.2, 0.25) is 0 Å². The molecule has 1 amide bonds. The zero-order valence-electron chi connectivity index (χ0n) is 20.9. The van der Waals surface area contributed by atoms with Crippen LogP contribution in [0.25, 0.3) is 33.1 Å². The minimum atomic E-state index is -0.517. The van der Waals surface area contributed by atoms with Crippen molar-refractivity contribution in [3.05, 3.63) is 94.0 Å². The van der Waals surface area contributed by atoms with Crippen molar-refractivity contribution in [2.75, 3.05) is 20.8 Å². The largest absolute Gasteiger partial charge is 0.497 e. The minimum Gasteiger partial charge on any atom is -0.497 e. The molecule has 2 aromatic heterocycles. The molecule has 0 saturated carbocycles. The topological polar surface area (TPSA) is 90.9 Å². The molecule has 0 atom stereocenters. The molecule has 0 spiro atoms. The Labute approximate surface area is 213 Å². The van der Waals surface area contributed by atoms with Crippen LogP contribution in [0.1, 0.15) is 16.9 Å². The van der Waals surface area contributed by atoms with Crippen LogP contribution in [0.4, 0.5) is 0 Å². The van der Waals surface area contributed by atoms with Crippen molar-refractivity contribution in [3.8, 4) is 22.8 Å². The second kappa shape index (κ2) is 10.2. The fraction of sp³-hybridized carbons (Fsp3) is 0.200. The van der Waals surface area contributed by atoms with Crippen molar-refractivity contribution in [1.82, 2.24) is 5.32 Å².